The van der Waals surface area contributed by atoms with Crippen molar-refractivity contribution < 1.29 is 51.3 Å². The van der Waals surface area contributed by atoms with E-state index in [1.54, 1.807) is 0 Å². The number of allylic oxidation sites excluding steroid dienone is 2. The number of esters is 1. The SMILES string of the molecule is C[C@@H]1CCC(OCC(=O)OCC(F)(F)S(=O)(=O)O)=C2C[C@H]3[C@@H]4C(O)C[C@@H]5CC(O)CC[C@]5(C)[C@H]4CC(O)[C@]3(C)[C@H]21. The van der Waals surface area contributed by atoms with Crippen LogP contribution in [0.3, 0.4) is 0 Å². The van der Waals surface area contributed by atoms with Crippen molar-refractivity contribution in [2.75, 3.05) is 13.2 Å². The second-order valence-corrected chi connectivity index (χ2v) is 15.1. The van der Waals surface area contributed by atoms with Crippen LogP contribution in [0.1, 0.15) is 72.1 Å². The molecule has 0 aromatic rings. The molecular formula is C28H42F2O9S. The van der Waals surface area contributed by atoms with Gasteiger partial charge in [0.2, 0.25) is 0 Å². The van der Waals surface area contributed by atoms with Crippen molar-refractivity contribution in [2.24, 2.45) is 46.3 Å². The number of aliphatic hydroxyl groups is 3. The number of carbonyl (C=O) groups excluding carboxylic acids is 1. The van der Waals surface area contributed by atoms with Gasteiger partial charge in [-0.05, 0) is 91.4 Å². The number of fused-ring (bicyclic) bond motifs is 7. The minimum atomic E-state index is -5.72. The van der Waals surface area contributed by atoms with E-state index >= 15 is 0 Å². The fraction of sp³-hybridized carbons (Fsp3) is 0.893. The molecule has 0 saturated heterocycles. The highest BCUT2D eigenvalue weighted by Crippen LogP contribution is 2.70. The first kappa shape index (κ1) is 30.1. The van der Waals surface area contributed by atoms with E-state index in [0.717, 1.165) is 24.8 Å². The minimum Gasteiger partial charge on any atom is -0.486 e. The molecule has 5 aliphatic rings. The van der Waals surface area contributed by atoms with Gasteiger partial charge in [-0.1, -0.05) is 20.8 Å². The van der Waals surface area contributed by atoms with Crippen molar-refractivity contribution in [1.82, 2.24) is 0 Å². The first-order chi connectivity index (χ1) is 18.5. The lowest BCUT2D eigenvalue weighted by Crippen LogP contribution is -2.62. The van der Waals surface area contributed by atoms with Crippen LogP contribution < -0.4 is 0 Å². The topological polar surface area (TPSA) is 151 Å². The number of aliphatic hydroxyl groups excluding tert-OH is 3. The van der Waals surface area contributed by atoms with Gasteiger partial charge in [0, 0.05) is 11.8 Å². The molecule has 0 aromatic carbocycles. The van der Waals surface area contributed by atoms with Crippen LogP contribution in [-0.2, 0) is 24.4 Å². The lowest BCUT2D eigenvalue weighted by atomic mass is 9.43. The van der Waals surface area contributed by atoms with Gasteiger partial charge in [0.1, 0.15) is 0 Å². The molecule has 4 N–H and O–H groups in total. The molecule has 4 saturated carbocycles. The first-order valence-electron chi connectivity index (χ1n) is 14.4. The molecule has 0 aromatic heterocycles. The van der Waals surface area contributed by atoms with Crippen LogP contribution in [0.5, 0.6) is 0 Å². The summed E-state index contributed by atoms with van der Waals surface area (Å²) in [6, 6.07) is 0. The number of ether oxygens (including phenoxy) is 2. The van der Waals surface area contributed by atoms with Crippen molar-refractivity contribution >= 4 is 16.1 Å². The third-order valence-electron chi connectivity index (χ3n) is 11.6. The molecule has 228 valence electrons. The largest absolute Gasteiger partial charge is 0.486 e. The molecular weight excluding hydrogens is 550 g/mol. The average molecular weight is 593 g/mol. The number of hydrogen-bond acceptors (Lipinski definition) is 8. The zero-order valence-corrected chi connectivity index (χ0v) is 24.1. The summed E-state index contributed by atoms with van der Waals surface area (Å²) >= 11 is 0. The normalized spacial score (nSPS) is 45.2. The van der Waals surface area contributed by atoms with E-state index in [2.05, 4.69) is 25.5 Å². The number of hydrogen-bond donors (Lipinski definition) is 4. The fourth-order valence-corrected chi connectivity index (χ4v) is 9.80. The number of halogens is 2. The number of carbonyl (C=O) groups is 1. The summed E-state index contributed by atoms with van der Waals surface area (Å²) in [5.74, 6) is -0.165. The average Bonchev–Trinajstić information content (AvgIpc) is 3.19. The Kier molecular flexibility index (Phi) is 7.64. The third kappa shape index (κ3) is 4.69. The van der Waals surface area contributed by atoms with Gasteiger partial charge in [0.25, 0.3) is 0 Å². The van der Waals surface area contributed by atoms with Crippen LogP contribution in [0, 0.1) is 46.3 Å². The number of rotatable bonds is 6. The van der Waals surface area contributed by atoms with Gasteiger partial charge in [-0.25, -0.2) is 4.79 Å². The van der Waals surface area contributed by atoms with Crippen molar-refractivity contribution in [3.8, 4) is 0 Å². The number of alkyl halides is 2. The molecule has 0 radical (unpaired) electrons. The second kappa shape index (κ2) is 10.1. The Morgan fingerprint density at radius 2 is 1.80 bits per heavy atom. The summed E-state index contributed by atoms with van der Waals surface area (Å²) in [7, 11) is -5.72. The molecule has 5 rings (SSSR count). The standard InChI is InChI=1S/C28H42F2O9S/c1-14-4-5-21(38-12-23(34)39-13-28(29,30)40(35,36)37)17-10-19-24-18(11-22(33)27(19,3)25(14)17)26(2)7-6-16(31)8-15(26)9-20(24)32/h14-16,18-20,22,24-25,31-33H,4-13H2,1-3H3,(H,35,36,37)/t14-,15+,16?,18+,19+,20?,22?,24-,25+,26+,27-/m1/s1. The Morgan fingerprint density at radius 1 is 1.10 bits per heavy atom. The van der Waals surface area contributed by atoms with E-state index in [0.29, 0.717) is 37.9 Å². The van der Waals surface area contributed by atoms with Crippen molar-refractivity contribution in [3.05, 3.63) is 11.3 Å². The maximum absolute atomic E-state index is 13.4. The summed E-state index contributed by atoms with van der Waals surface area (Å²) in [5.41, 5.74) is 0.397. The molecule has 12 heteroatoms. The molecule has 0 bridgehead atoms. The lowest BCUT2D eigenvalue weighted by Gasteiger charge is -2.63. The molecule has 0 heterocycles. The highest BCUT2D eigenvalue weighted by atomic mass is 32.2. The monoisotopic (exact) mass is 592 g/mol. The van der Waals surface area contributed by atoms with Crippen LogP contribution in [-0.4, -0.2) is 71.0 Å². The van der Waals surface area contributed by atoms with Crippen LogP contribution >= 0.6 is 0 Å². The van der Waals surface area contributed by atoms with Gasteiger partial charge in [-0.15, -0.1) is 0 Å². The Bertz CT molecular complexity index is 1160. The third-order valence-corrected chi connectivity index (χ3v) is 12.5. The lowest BCUT2D eigenvalue weighted by molar-refractivity contribution is -0.206. The molecule has 0 aliphatic heterocycles. The molecule has 0 amide bonds. The van der Waals surface area contributed by atoms with Crippen molar-refractivity contribution in [2.45, 2.75) is 95.7 Å². The summed E-state index contributed by atoms with van der Waals surface area (Å²) in [6.07, 6.45) is 3.80. The van der Waals surface area contributed by atoms with Crippen molar-refractivity contribution in [3.63, 3.8) is 0 Å². The summed E-state index contributed by atoms with van der Waals surface area (Å²) in [4.78, 5) is 12.1. The van der Waals surface area contributed by atoms with Crippen LogP contribution in [0.2, 0.25) is 0 Å². The Hall–Kier alpha value is -1.34. The molecule has 0 spiro atoms. The van der Waals surface area contributed by atoms with E-state index in [1.807, 2.05) is 0 Å². The Labute approximate surface area is 234 Å². The predicted molar refractivity (Wildman–Crippen MR) is 138 cm³/mol. The van der Waals surface area contributed by atoms with Crippen LogP contribution in [0.15, 0.2) is 11.3 Å². The molecule has 9 nitrogen and oxygen atoms in total. The Morgan fingerprint density at radius 3 is 2.48 bits per heavy atom. The van der Waals surface area contributed by atoms with Crippen LogP contribution in [0.4, 0.5) is 8.78 Å². The zero-order chi connectivity index (χ0) is 29.4. The molecule has 5 aliphatic carbocycles. The van der Waals surface area contributed by atoms with Crippen LogP contribution in [0.25, 0.3) is 0 Å². The summed E-state index contributed by atoms with van der Waals surface area (Å²) in [6.45, 7) is 3.99. The molecule has 3 unspecified atom stereocenters. The zero-order valence-electron chi connectivity index (χ0n) is 23.3. The van der Waals surface area contributed by atoms with E-state index in [-0.39, 0.29) is 47.0 Å². The quantitative estimate of drug-likeness (QED) is 0.269. The van der Waals surface area contributed by atoms with E-state index < -0.39 is 52.2 Å². The van der Waals surface area contributed by atoms with E-state index in [9.17, 15) is 37.3 Å². The Balaban J connectivity index is 1.38. The van der Waals surface area contributed by atoms with Gasteiger partial charge in [0.15, 0.2) is 13.2 Å². The van der Waals surface area contributed by atoms with Gasteiger partial charge in [-0.3, -0.25) is 4.55 Å². The smallest absolute Gasteiger partial charge is 0.402 e. The molecule has 4 fully saturated rings. The van der Waals surface area contributed by atoms with E-state index in [4.69, 9.17) is 9.29 Å². The molecule has 11 atom stereocenters. The van der Waals surface area contributed by atoms with Crippen molar-refractivity contribution in [1.29, 1.82) is 0 Å². The first-order valence-corrected chi connectivity index (χ1v) is 15.8. The maximum atomic E-state index is 13.4. The van der Waals surface area contributed by atoms with Gasteiger partial charge >= 0.3 is 21.3 Å². The summed E-state index contributed by atoms with van der Waals surface area (Å²) in [5, 5.41) is 29.0. The highest BCUT2D eigenvalue weighted by molar-refractivity contribution is 7.86. The predicted octanol–water partition coefficient (Wildman–Crippen LogP) is 3.28. The van der Waals surface area contributed by atoms with Gasteiger partial charge in [-0.2, -0.15) is 17.2 Å². The van der Waals surface area contributed by atoms with Gasteiger partial charge < -0.3 is 24.8 Å². The van der Waals surface area contributed by atoms with E-state index in [1.165, 1.54) is 0 Å². The maximum Gasteiger partial charge on any atom is 0.402 e. The highest BCUT2D eigenvalue weighted by Gasteiger charge is 2.67. The second-order valence-electron chi connectivity index (χ2n) is 13.5. The van der Waals surface area contributed by atoms with Gasteiger partial charge in [0.05, 0.1) is 24.1 Å². The fourth-order valence-electron chi connectivity index (χ4n) is 9.59. The molecule has 40 heavy (non-hydrogen) atoms. The minimum absolute atomic E-state index is 0.0135. The summed E-state index contributed by atoms with van der Waals surface area (Å²) < 4.78 is 67.2.